The third kappa shape index (κ3) is 2.50. The van der Waals surface area contributed by atoms with E-state index in [0.29, 0.717) is 24.3 Å². The van der Waals surface area contributed by atoms with Crippen LogP contribution in [0.5, 0.6) is 0 Å². The molecule has 0 bridgehead atoms. The maximum absolute atomic E-state index is 12.3. The van der Waals surface area contributed by atoms with Crippen LogP contribution in [0.15, 0.2) is 0 Å². The Morgan fingerprint density at radius 3 is 2.30 bits per heavy atom. The second-order valence-electron chi connectivity index (χ2n) is 7.25. The Balaban J connectivity index is 1.54. The van der Waals surface area contributed by atoms with Crippen molar-refractivity contribution in [3.05, 3.63) is 0 Å². The molecule has 112 valence electrons. The number of hydrogen-bond acceptors (Lipinski definition) is 3. The highest BCUT2D eigenvalue weighted by Gasteiger charge is 2.58. The first-order chi connectivity index (χ1) is 9.37. The maximum atomic E-state index is 12.3. The third-order valence-corrected chi connectivity index (χ3v) is 4.60. The number of ether oxygens (including phenoxy) is 1. The Morgan fingerprint density at radius 1 is 1.05 bits per heavy atom. The number of carbonyl (C=O) groups excluding carboxylic acids is 2. The van der Waals surface area contributed by atoms with Gasteiger partial charge in [0.25, 0.3) is 0 Å². The number of nitrogens with zero attached hydrogens (tertiary/aromatic N) is 2. The quantitative estimate of drug-likeness (QED) is 0.735. The van der Waals surface area contributed by atoms with Crippen LogP contribution in [0.3, 0.4) is 0 Å². The van der Waals surface area contributed by atoms with Gasteiger partial charge in [-0.15, -0.1) is 0 Å². The average Bonchev–Trinajstić information content (AvgIpc) is 2.96. The highest BCUT2D eigenvalue weighted by molar-refractivity contribution is 5.83. The van der Waals surface area contributed by atoms with Gasteiger partial charge in [0.1, 0.15) is 5.60 Å². The minimum atomic E-state index is -0.454. The largest absolute Gasteiger partial charge is 0.444 e. The minimum Gasteiger partial charge on any atom is -0.444 e. The van der Waals surface area contributed by atoms with Gasteiger partial charge in [-0.2, -0.15) is 0 Å². The smallest absolute Gasteiger partial charge is 0.410 e. The summed E-state index contributed by atoms with van der Waals surface area (Å²) < 4.78 is 5.41. The van der Waals surface area contributed by atoms with Gasteiger partial charge in [0.15, 0.2) is 0 Å². The number of carbonyl (C=O) groups is 2. The zero-order chi connectivity index (χ0) is 14.5. The molecule has 3 atom stereocenters. The molecule has 1 unspecified atom stereocenters. The Hall–Kier alpha value is -1.26. The van der Waals surface area contributed by atoms with E-state index in [4.69, 9.17) is 4.74 Å². The predicted octanol–water partition coefficient (Wildman–Crippen LogP) is 1.72. The second-order valence-corrected chi connectivity index (χ2v) is 7.25. The summed E-state index contributed by atoms with van der Waals surface area (Å²) in [4.78, 5) is 28.0. The van der Waals surface area contributed by atoms with Crippen molar-refractivity contribution in [1.82, 2.24) is 9.80 Å². The number of hydrogen-bond donors (Lipinski definition) is 0. The van der Waals surface area contributed by atoms with Gasteiger partial charge < -0.3 is 14.5 Å². The first kappa shape index (κ1) is 13.7. The van der Waals surface area contributed by atoms with Crippen LogP contribution in [0.25, 0.3) is 0 Å². The molecule has 0 N–H and O–H groups in total. The van der Waals surface area contributed by atoms with Crippen molar-refractivity contribution < 1.29 is 14.3 Å². The summed E-state index contributed by atoms with van der Waals surface area (Å²) >= 11 is 0. The van der Waals surface area contributed by atoms with E-state index in [1.165, 1.54) is 0 Å². The number of likely N-dealkylation sites (tertiary alicyclic amines) is 2. The Kier molecular flexibility index (Phi) is 3.18. The number of fused-ring (bicyclic) bond motifs is 1. The van der Waals surface area contributed by atoms with Crippen LogP contribution in [0, 0.1) is 17.8 Å². The number of amides is 2. The molecule has 0 spiro atoms. The minimum absolute atomic E-state index is 0.169. The van der Waals surface area contributed by atoms with Crippen molar-refractivity contribution in [1.29, 1.82) is 0 Å². The molecule has 20 heavy (non-hydrogen) atoms. The van der Waals surface area contributed by atoms with Crippen LogP contribution in [0.2, 0.25) is 0 Å². The molecular weight excluding hydrogens is 256 g/mol. The molecule has 1 saturated carbocycles. The van der Waals surface area contributed by atoms with Crippen molar-refractivity contribution >= 4 is 12.0 Å². The molecule has 2 heterocycles. The molecule has 0 aromatic rings. The average molecular weight is 280 g/mol. The zero-order valence-electron chi connectivity index (χ0n) is 12.6. The van der Waals surface area contributed by atoms with E-state index >= 15 is 0 Å². The molecule has 3 rings (SSSR count). The number of piperidine rings is 1. The highest BCUT2D eigenvalue weighted by Crippen LogP contribution is 2.52. The molecule has 5 nitrogen and oxygen atoms in total. The van der Waals surface area contributed by atoms with E-state index in [0.717, 1.165) is 32.5 Å². The van der Waals surface area contributed by atoms with Crippen LogP contribution in [0.4, 0.5) is 4.79 Å². The fourth-order valence-electron chi connectivity index (χ4n) is 3.34. The van der Waals surface area contributed by atoms with Crippen LogP contribution < -0.4 is 0 Å². The summed E-state index contributed by atoms with van der Waals surface area (Å²) in [5, 5.41) is 0. The highest BCUT2D eigenvalue weighted by atomic mass is 16.6. The lowest BCUT2D eigenvalue weighted by Crippen LogP contribution is -2.43. The number of rotatable bonds is 1. The van der Waals surface area contributed by atoms with E-state index in [1.807, 2.05) is 25.7 Å². The first-order valence-electron chi connectivity index (χ1n) is 7.63. The fourth-order valence-corrected chi connectivity index (χ4v) is 3.34. The van der Waals surface area contributed by atoms with Crippen LogP contribution >= 0.6 is 0 Å². The molecule has 2 amide bonds. The Labute approximate surface area is 120 Å². The van der Waals surface area contributed by atoms with Gasteiger partial charge in [-0.05, 0) is 45.4 Å². The van der Waals surface area contributed by atoms with Gasteiger partial charge in [-0.25, -0.2) is 4.79 Å². The summed E-state index contributed by atoms with van der Waals surface area (Å²) in [6.45, 7) is 8.89. The lowest BCUT2D eigenvalue weighted by atomic mass is 10.1. The molecule has 2 aliphatic heterocycles. The zero-order valence-corrected chi connectivity index (χ0v) is 12.6. The standard InChI is InChI=1S/C15H24N2O3/c1-15(2,3)20-14(19)17-8-5-10-11(9-17)12(10)13(18)16-6-4-7-16/h10-12H,4-9H2,1-3H3/t10-,11+,12?/m0/s1. The molecule has 3 fully saturated rings. The maximum Gasteiger partial charge on any atom is 0.410 e. The van der Waals surface area contributed by atoms with Crippen LogP contribution in [0.1, 0.15) is 33.6 Å². The first-order valence-corrected chi connectivity index (χ1v) is 7.63. The van der Waals surface area contributed by atoms with Gasteiger partial charge in [0.2, 0.25) is 5.91 Å². The van der Waals surface area contributed by atoms with Gasteiger partial charge >= 0.3 is 6.09 Å². The van der Waals surface area contributed by atoms with Gasteiger partial charge in [-0.1, -0.05) is 0 Å². The van der Waals surface area contributed by atoms with Crippen LogP contribution in [-0.2, 0) is 9.53 Å². The van der Waals surface area contributed by atoms with E-state index in [-0.39, 0.29) is 12.0 Å². The van der Waals surface area contributed by atoms with Crippen molar-refractivity contribution in [2.45, 2.75) is 39.2 Å². The fraction of sp³-hybridized carbons (Fsp3) is 0.867. The van der Waals surface area contributed by atoms with E-state index in [2.05, 4.69) is 0 Å². The SMILES string of the molecule is CC(C)(C)OC(=O)N1CC[C@@H]2C(C(=O)N3CCC3)[C@@H]2C1. The molecule has 0 aromatic heterocycles. The predicted molar refractivity (Wildman–Crippen MR) is 74.1 cm³/mol. The van der Waals surface area contributed by atoms with Crippen molar-refractivity contribution in [2.24, 2.45) is 17.8 Å². The van der Waals surface area contributed by atoms with Gasteiger partial charge in [0, 0.05) is 32.1 Å². The van der Waals surface area contributed by atoms with Crippen molar-refractivity contribution in [2.75, 3.05) is 26.2 Å². The Morgan fingerprint density at radius 2 is 1.75 bits per heavy atom. The Bertz CT molecular complexity index is 425. The summed E-state index contributed by atoms with van der Waals surface area (Å²) in [6.07, 6.45) is 1.84. The summed E-state index contributed by atoms with van der Waals surface area (Å²) in [6, 6.07) is 0. The molecule has 0 radical (unpaired) electrons. The van der Waals surface area contributed by atoms with Gasteiger partial charge in [0.05, 0.1) is 0 Å². The van der Waals surface area contributed by atoms with Gasteiger partial charge in [-0.3, -0.25) is 4.79 Å². The molecule has 3 aliphatic rings. The second kappa shape index (κ2) is 4.64. The monoisotopic (exact) mass is 280 g/mol. The third-order valence-electron chi connectivity index (χ3n) is 4.60. The summed E-state index contributed by atoms with van der Waals surface area (Å²) in [7, 11) is 0. The lowest BCUT2D eigenvalue weighted by Gasteiger charge is -2.31. The van der Waals surface area contributed by atoms with E-state index < -0.39 is 5.60 Å². The van der Waals surface area contributed by atoms with E-state index in [9.17, 15) is 9.59 Å². The molecule has 5 heteroatoms. The normalized spacial score (nSPS) is 32.2. The topological polar surface area (TPSA) is 49.9 Å². The van der Waals surface area contributed by atoms with Crippen molar-refractivity contribution in [3.63, 3.8) is 0 Å². The van der Waals surface area contributed by atoms with E-state index in [1.54, 1.807) is 4.90 Å². The molecular formula is C15H24N2O3. The van der Waals surface area contributed by atoms with Crippen LogP contribution in [-0.4, -0.2) is 53.6 Å². The van der Waals surface area contributed by atoms with Crippen molar-refractivity contribution in [3.8, 4) is 0 Å². The lowest BCUT2D eigenvalue weighted by molar-refractivity contribution is -0.136. The summed E-state index contributed by atoms with van der Waals surface area (Å²) in [5.74, 6) is 1.35. The molecule has 2 saturated heterocycles. The molecule has 1 aliphatic carbocycles. The summed E-state index contributed by atoms with van der Waals surface area (Å²) in [5.41, 5.74) is -0.454. The molecule has 0 aromatic carbocycles.